The van der Waals surface area contributed by atoms with Gasteiger partial charge in [0.25, 0.3) is 11.4 Å². The van der Waals surface area contributed by atoms with Gasteiger partial charge >= 0.3 is 0 Å². The predicted molar refractivity (Wildman–Crippen MR) is 53.8 cm³/mol. The lowest BCUT2D eigenvalue weighted by Gasteiger charge is -2.03. The molecule has 1 atom stereocenters. The number of hydrogen-bond acceptors (Lipinski definition) is 4. The second kappa shape index (κ2) is 4.47. The quantitative estimate of drug-likeness (QED) is 0.448. The fourth-order valence-electron chi connectivity index (χ4n) is 1.16. The van der Waals surface area contributed by atoms with E-state index in [0.717, 1.165) is 24.3 Å². The molecule has 6 nitrogen and oxygen atoms in total. The van der Waals surface area contributed by atoms with Crippen LogP contribution < -0.4 is 0 Å². The van der Waals surface area contributed by atoms with Gasteiger partial charge in [0, 0.05) is 6.07 Å². The molecule has 0 aromatic heterocycles. The second-order valence-corrected chi connectivity index (χ2v) is 2.89. The van der Waals surface area contributed by atoms with Crippen LogP contribution in [0.15, 0.2) is 30.9 Å². The summed E-state index contributed by atoms with van der Waals surface area (Å²) in [4.78, 5) is 19.4. The first-order valence-electron chi connectivity index (χ1n) is 4.16. The largest absolute Gasteiger partial charge is 0.282 e. The highest BCUT2D eigenvalue weighted by Crippen LogP contribution is 2.31. The van der Waals surface area contributed by atoms with Crippen molar-refractivity contribution >= 4 is 11.4 Å². The molecule has 0 radical (unpaired) electrons. The Morgan fingerprint density at radius 1 is 1.31 bits per heavy atom. The SMILES string of the molecule is C=CC(F)c1ccc([N+](=O)[O-])cc1[N+](=O)[O-]. The van der Waals surface area contributed by atoms with E-state index in [4.69, 9.17) is 0 Å². The summed E-state index contributed by atoms with van der Waals surface area (Å²) in [6, 6.07) is 2.76. The lowest BCUT2D eigenvalue weighted by molar-refractivity contribution is -0.394. The summed E-state index contributed by atoms with van der Waals surface area (Å²) in [6.45, 7) is 3.16. The van der Waals surface area contributed by atoms with E-state index in [9.17, 15) is 24.6 Å². The monoisotopic (exact) mass is 226 g/mol. The molecule has 0 aliphatic heterocycles. The molecule has 0 aliphatic carbocycles. The van der Waals surface area contributed by atoms with Crippen molar-refractivity contribution in [3.63, 3.8) is 0 Å². The second-order valence-electron chi connectivity index (χ2n) is 2.89. The maximum absolute atomic E-state index is 13.2. The van der Waals surface area contributed by atoms with Gasteiger partial charge in [0.2, 0.25) is 0 Å². The zero-order valence-electron chi connectivity index (χ0n) is 8.00. The fourth-order valence-corrected chi connectivity index (χ4v) is 1.16. The van der Waals surface area contributed by atoms with Crippen LogP contribution in [0.5, 0.6) is 0 Å². The lowest BCUT2D eigenvalue weighted by Crippen LogP contribution is -1.99. The molecule has 0 amide bonds. The molecule has 1 rings (SSSR count). The maximum Gasteiger partial charge on any atom is 0.282 e. The lowest BCUT2D eigenvalue weighted by atomic mass is 10.1. The molecule has 0 saturated carbocycles. The van der Waals surface area contributed by atoms with Crippen LogP contribution in [0.1, 0.15) is 11.7 Å². The van der Waals surface area contributed by atoms with E-state index in [1.54, 1.807) is 0 Å². The van der Waals surface area contributed by atoms with Crippen molar-refractivity contribution in [2.75, 3.05) is 0 Å². The Labute approximate surface area is 89.3 Å². The van der Waals surface area contributed by atoms with Crippen molar-refractivity contribution in [1.82, 2.24) is 0 Å². The third kappa shape index (κ3) is 2.19. The number of allylic oxidation sites excluding steroid dienone is 1. The van der Waals surface area contributed by atoms with E-state index in [1.165, 1.54) is 0 Å². The minimum atomic E-state index is -1.72. The summed E-state index contributed by atoms with van der Waals surface area (Å²) < 4.78 is 13.2. The molecule has 1 aromatic rings. The molecule has 1 aromatic carbocycles. The molecule has 7 heteroatoms. The molecule has 16 heavy (non-hydrogen) atoms. The fraction of sp³-hybridized carbons (Fsp3) is 0.111. The first-order valence-corrected chi connectivity index (χ1v) is 4.16. The minimum absolute atomic E-state index is 0.245. The molecule has 0 N–H and O–H groups in total. The Bertz CT molecular complexity index is 461. The normalized spacial score (nSPS) is 11.8. The number of non-ortho nitro benzene ring substituents is 1. The number of halogens is 1. The van der Waals surface area contributed by atoms with Gasteiger partial charge in [0.15, 0.2) is 0 Å². The van der Waals surface area contributed by atoms with E-state index in [-0.39, 0.29) is 5.56 Å². The molecule has 0 aliphatic rings. The van der Waals surface area contributed by atoms with Crippen LogP contribution in [0, 0.1) is 20.2 Å². The standard InChI is InChI=1S/C9H7FN2O4/c1-2-8(10)7-4-3-6(11(13)14)5-9(7)12(15)16/h2-5,8H,1H2. The van der Waals surface area contributed by atoms with Gasteiger partial charge in [-0.2, -0.15) is 0 Å². The molecule has 0 saturated heterocycles. The van der Waals surface area contributed by atoms with Crippen LogP contribution in [0.4, 0.5) is 15.8 Å². The molecule has 0 bridgehead atoms. The van der Waals surface area contributed by atoms with Crippen molar-refractivity contribution in [3.8, 4) is 0 Å². The predicted octanol–water partition coefficient (Wildman–Crippen LogP) is 2.70. The van der Waals surface area contributed by atoms with E-state index >= 15 is 0 Å². The summed E-state index contributed by atoms with van der Waals surface area (Å²) in [6.07, 6.45) is -0.838. The Hall–Kier alpha value is -2.31. The maximum atomic E-state index is 13.2. The van der Waals surface area contributed by atoms with E-state index in [0.29, 0.717) is 0 Å². The van der Waals surface area contributed by atoms with Crippen LogP contribution in [-0.2, 0) is 0 Å². The molecule has 0 fully saturated rings. The number of rotatable bonds is 4. The summed E-state index contributed by atoms with van der Waals surface area (Å²) in [7, 11) is 0. The van der Waals surface area contributed by atoms with Crippen LogP contribution >= 0.6 is 0 Å². The summed E-state index contributed by atoms with van der Waals surface area (Å²) in [5, 5.41) is 21.0. The van der Waals surface area contributed by atoms with Gasteiger partial charge in [0.05, 0.1) is 21.5 Å². The first-order chi connectivity index (χ1) is 7.47. The average Bonchev–Trinajstić information content (AvgIpc) is 2.26. The third-order valence-electron chi connectivity index (χ3n) is 1.93. The zero-order chi connectivity index (χ0) is 12.3. The molecular formula is C9H7FN2O4. The van der Waals surface area contributed by atoms with Crippen molar-refractivity contribution in [3.05, 3.63) is 56.6 Å². The smallest absolute Gasteiger partial charge is 0.258 e. The average molecular weight is 226 g/mol. The van der Waals surface area contributed by atoms with Crippen molar-refractivity contribution in [2.45, 2.75) is 6.17 Å². The van der Waals surface area contributed by atoms with Gasteiger partial charge in [-0.15, -0.1) is 0 Å². The molecular weight excluding hydrogens is 219 g/mol. The number of nitrogens with zero attached hydrogens (tertiary/aromatic N) is 2. The number of benzene rings is 1. The first kappa shape index (κ1) is 11.8. The number of nitro benzene ring substituents is 2. The Balaban J connectivity index is 3.35. The van der Waals surface area contributed by atoms with Gasteiger partial charge in [0.1, 0.15) is 6.17 Å². The van der Waals surface area contributed by atoms with Gasteiger partial charge < -0.3 is 0 Å². The molecule has 84 valence electrons. The van der Waals surface area contributed by atoms with Crippen LogP contribution in [0.2, 0.25) is 0 Å². The van der Waals surface area contributed by atoms with Crippen LogP contribution in [0.25, 0.3) is 0 Å². The third-order valence-corrected chi connectivity index (χ3v) is 1.93. The van der Waals surface area contributed by atoms with Crippen LogP contribution in [-0.4, -0.2) is 9.85 Å². The van der Waals surface area contributed by atoms with Gasteiger partial charge in [-0.05, 0) is 6.07 Å². The number of alkyl halides is 1. The van der Waals surface area contributed by atoms with Gasteiger partial charge in [-0.25, -0.2) is 4.39 Å². The van der Waals surface area contributed by atoms with E-state index in [2.05, 4.69) is 6.58 Å². The topological polar surface area (TPSA) is 86.3 Å². The van der Waals surface area contributed by atoms with Crippen molar-refractivity contribution in [1.29, 1.82) is 0 Å². The van der Waals surface area contributed by atoms with Crippen LogP contribution in [0.3, 0.4) is 0 Å². The van der Waals surface area contributed by atoms with Gasteiger partial charge in [-0.3, -0.25) is 20.2 Å². The summed E-state index contributed by atoms with van der Waals surface area (Å²) in [5.41, 5.74) is -1.32. The summed E-state index contributed by atoms with van der Waals surface area (Å²) in [5.74, 6) is 0. The molecule has 0 spiro atoms. The van der Waals surface area contributed by atoms with Gasteiger partial charge in [-0.1, -0.05) is 12.7 Å². The number of nitro groups is 2. The highest BCUT2D eigenvalue weighted by Gasteiger charge is 2.23. The number of hydrogen-bond donors (Lipinski definition) is 0. The van der Waals surface area contributed by atoms with Crippen molar-refractivity contribution < 1.29 is 14.2 Å². The van der Waals surface area contributed by atoms with E-state index in [1.807, 2.05) is 0 Å². The highest BCUT2D eigenvalue weighted by molar-refractivity contribution is 5.50. The molecule has 1 unspecified atom stereocenters. The Kier molecular flexibility index (Phi) is 3.29. The Morgan fingerprint density at radius 3 is 2.38 bits per heavy atom. The van der Waals surface area contributed by atoms with Crippen molar-refractivity contribution in [2.24, 2.45) is 0 Å². The summed E-state index contributed by atoms with van der Waals surface area (Å²) >= 11 is 0. The highest BCUT2D eigenvalue weighted by atomic mass is 19.1. The van der Waals surface area contributed by atoms with E-state index < -0.39 is 27.4 Å². The molecule has 0 heterocycles. The minimum Gasteiger partial charge on any atom is -0.258 e. The Morgan fingerprint density at radius 2 is 1.94 bits per heavy atom. The zero-order valence-corrected chi connectivity index (χ0v) is 8.00.